The summed E-state index contributed by atoms with van der Waals surface area (Å²) in [5.74, 6) is 2.79. The van der Waals surface area contributed by atoms with Crippen LogP contribution in [-0.4, -0.2) is 24.5 Å². The average molecular weight is 287 g/mol. The molecule has 1 fully saturated rings. The Hall–Kier alpha value is -1.65. The van der Waals surface area contributed by atoms with Crippen molar-refractivity contribution in [3.63, 3.8) is 0 Å². The Morgan fingerprint density at radius 3 is 2.57 bits per heavy atom. The minimum Gasteiger partial charge on any atom is -0.262 e. The second-order valence-electron chi connectivity index (χ2n) is 7.29. The van der Waals surface area contributed by atoms with Crippen LogP contribution >= 0.6 is 0 Å². The molecular weight excluding hydrogens is 262 g/mol. The number of nitrogens with zero attached hydrogens (tertiary/aromatic N) is 5. The summed E-state index contributed by atoms with van der Waals surface area (Å²) >= 11 is 0. The number of hydrogen-bond donors (Lipinski definition) is 0. The first-order valence-electron chi connectivity index (χ1n) is 7.81. The van der Waals surface area contributed by atoms with Crippen molar-refractivity contribution >= 4 is 0 Å². The monoisotopic (exact) mass is 287 g/mol. The minimum atomic E-state index is -0.0689. The minimum absolute atomic E-state index is 0.0689. The summed E-state index contributed by atoms with van der Waals surface area (Å²) in [4.78, 5) is 4.83. The zero-order valence-electron chi connectivity index (χ0n) is 13.7. The van der Waals surface area contributed by atoms with Crippen LogP contribution in [0.5, 0.6) is 0 Å². The van der Waals surface area contributed by atoms with Crippen molar-refractivity contribution in [1.82, 2.24) is 24.5 Å². The van der Waals surface area contributed by atoms with Crippen molar-refractivity contribution < 1.29 is 0 Å². The molecule has 1 aliphatic carbocycles. The van der Waals surface area contributed by atoms with Crippen LogP contribution in [0.1, 0.15) is 63.8 Å². The average Bonchev–Trinajstić information content (AvgIpc) is 2.92. The maximum Gasteiger partial charge on any atom is 0.152 e. The normalized spacial score (nSPS) is 17.2. The van der Waals surface area contributed by atoms with E-state index in [4.69, 9.17) is 10.1 Å². The van der Waals surface area contributed by atoms with Crippen molar-refractivity contribution in [2.24, 2.45) is 5.92 Å². The largest absolute Gasteiger partial charge is 0.262 e. The lowest BCUT2D eigenvalue weighted by atomic mass is 10.1. The highest BCUT2D eigenvalue weighted by atomic mass is 15.4. The van der Waals surface area contributed by atoms with Gasteiger partial charge in [-0.3, -0.25) is 4.68 Å². The second kappa shape index (κ2) is 4.97. The summed E-state index contributed by atoms with van der Waals surface area (Å²) in [6, 6.07) is 0.0957. The van der Waals surface area contributed by atoms with E-state index < -0.39 is 0 Å². The SMILES string of the molecule is Cc1cnn([C@H](C)c2nc(CC3CC3)nn2C(C)(C)C)c1. The van der Waals surface area contributed by atoms with Gasteiger partial charge in [0, 0.05) is 12.6 Å². The number of aryl methyl sites for hydroxylation is 1. The molecule has 0 unspecified atom stereocenters. The first-order chi connectivity index (χ1) is 9.84. The van der Waals surface area contributed by atoms with E-state index in [1.807, 2.05) is 10.9 Å². The molecule has 0 aliphatic heterocycles. The Balaban J connectivity index is 1.96. The lowest BCUT2D eigenvalue weighted by Crippen LogP contribution is -2.28. The molecule has 2 heterocycles. The van der Waals surface area contributed by atoms with E-state index in [9.17, 15) is 0 Å². The van der Waals surface area contributed by atoms with Gasteiger partial charge in [-0.05, 0) is 58.9 Å². The second-order valence-corrected chi connectivity index (χ2v) is 7.29. The zero-order valence-corrected chi connectivity index (χ0v) is 13.7. The first kappa shape index (κ1) is 14.3. The number of hydrogen-bond acceptors (Lipinski definition) is 3. The Bertz CT molecular complexity index is 627. The summed E-state index contributed by atoms with van der Waals surface area (Å²) < 4.78 is 4.05. The van der Waals surface area contributed by atoms with Gasteiger partial charge >= 0.3 is 0 Å². The molecule has 0 spiro atoms. The lowest BCUT2D eigenvalue weighted by molar-refractivity contribution is 0.324. The maximum absolute atomic E-state index is 4.83. The van der Waals surface area contributed by atoms with Gasteiger partial charge in [0.1, 0.15) is 6.04 Å². The van der Waals surface area contributed by atoms with Gasteiger partial charge in [0.2, 0.25) is 0 Å². The van der Waals surface area contributed by atoms with Crippen LogP contribution < -0.4 is 0 Å². The fraction of sp³-hybridized carbons (Fsp3) is 0.688. The van der Waals surface area contributed by atoms with Crippen molar-refractivity contribution in [3.05, 3.63) is 29.6 Å². The molecule has 114 valence electrons. The third kappa shape index (κ3) is 3.01. The molecule has 1 aliphatic rings. The van der Waals surface area contributed by atoms with Crippen LogP contribution in [0.15, 0.2) is 12.4 Å². The van der Waals surface area contributed by atoms with Gasteiger partial charge in [-0.25, -0.2) is 9.67 Å². The molecule has 0 bridgehead atoms. The number of rotatable bonds is 4. The molecule has 2 aromatic rings. The fourth-order valence-corrected chi connectivity index (χ4v) is 2.56. The predicted molar refractivity (Wildman–Crippen MR) is 82.2 cm³/mol. The third-order valence-electron chi connectivity index (χ3n) is 3.98. The molecule has 0 N–H and O–H groups in total. The molecule has 1 atom stereocenters. The van der Waals surface area contributed by atoms with Gasteiger partial charge in [-0.15, -0.1) is 0 Å². The van der Waals surface area contributed by atoms with Crippen LogP contribution in [0.3, 0.4) is 0 Å². The quantitative estimate of drug-likeness (QED) is 0.868. The molecule has 5 heteroatoms. The smallest absolute Gasteiger partial charge is 0.152 e. The highest BCUT2D eigenvalue weighted by Gasteiger charge is 2.29. The van der Waals surface area contributed by atoms with Crippen molar-refractivity contribution in [2.75, 3.05) is 0 Å². The van der Waals surface area contributed by atoms with Crippen molar-refractivity contribution in [2.45, 2.75) is 65.5 Å². The van der Waals surface area contributed by atoms with E-state index in [2.05, 4.69) is 50.6 Å². The van der Waals surface area contributed by atoms with E-state index >= 15 is 0 Å². The highest BCUT2D eigenvalue weighted by molar-refractivity contribution is 5.07. The van der Waals surface area contributed by atoms with E-state index in [1.165, 1.54) is 18.4 Å². The summed E-state index contributed by atoms with van der Waals surface area (Å²) in [5, 5.41) is 9.21. The molecule has 2 aromatic heterocycles. The van der Waals surface area contributed by atoms with Crippen LogP contribution in [-0.2, 0) is 12.0 Å². The fourth-order valence-electron chi connectivity index (χ4n) is 2.56. The van der Waals surface area contributed by atoms with E-state index in [0.717, 1.165) is 24.0 Å². The predicted octanol–water partition coefficient (Wildman–Crippen LogP) is 3.10. The number of aromatic nitrogens is 5. The first-order valence-corrected chi connectivity index (χ1v) is 7.81. The molecule has 0 aromatic carbocycles. The molecule has 21 heavy (non-hydrogen) atoms. The van der Waals surface area contributed by atoms with Gasteiger partial charge in [0.15, 0.2) is 11.6 Å². The summed E-state index contributed by atoms with van der Waals surface area (Å²) in [6.45, 7) is 10.7. The Kier molecular flexibility index (Phi) is 3.38. The third-order valence-corrected chi connectivity index (χ3v) is 3.98. The summed E-state index contributed by atoms with van der Waals surface area (Å²) in [6.07, 6.45) is 7.62. The zero-order chi connectivity index (χ0) is 15.2. The van der Waals surface area contributed by atoms with Crippen molar-refractivity contribution in [3.8, 4) is 0 Å². The molecule has 0 radical (unpaired) electrons. The molecule has 1 saturated carbocycles. The molecule has 0 saturated heterocycles. The van der Waals surface area contributed by atoms with Gasteiger partial charge in [-0.1, -0.05) is 0 Å². The van der Waals surface area contributed by atoms with E-state index in [1.54, 1.807) is 0 Å². The van der Waals surface area contributed by atoms with Gasteiger partial charge in [-0.2, -0.15) is 10.2 Å². The highest BCUT2D eigenvalue weighted by Crippen LogP contribution is 2.32. The molecule has 3 rings (SSSR count). The van der Waals surface area contributed by atoms with E-state index in [-0.39, 0.29) is 11.6 Å². The Labute approximate surface area is 126 Å². The Morgan fingerprint density at radius 1 is 1.33 bits per heavy atom. The van der Waals surface area contributed by atoms with Crippen LogP contribution in [0, 0.1) is 12.8 Å². The topological polar surface area (TPSA) is 48.5 Å². The molecular formula is C16H25N5. The maximum atomic E-state index is 4.83. The van der Waals surface area contributed by atoms with Crippen LogP contribution in [0.2, 0.25) is 0 Å². The van der Waals surface area contributed by atoms with Gasteiger partial charge < -0.3 is 0 Å². The summed E-state index contributed by atoms with van der Waals surface area (Å²) in [7, 11) is 0. The van der Waals surface area contributed by atoms with E-state index in [0.29, 0.717) is 0 Å². The molecule has 0 amide bonds. The van der Waals surface area contributed by atoms with Crippen LogP contribution in [0.4, 0.5) is 0 Å². The van der Waals surface area contributed by atoms with Gasteiger partial charge in [0.25, 0.3) is 0 Å². The Morgan fingerprint density at radius 2 is 2.05 bits per heavy atom. The lowest BCUT2D eigenvalue weighted by Gasteiger charge is -2.23. The van der Waals surface area contributed by atoms with Crippen molar-refractivity contribution in [1.29, 1.82) is 0 Å². The molecule has 5 nitrogen and oxygen atoms in total. The summed E-state index contributed by atoms with van der Waals surface area (Å²) in [5.41, 5.74) is 1.10. The standard InChI is InChI=1S/C16H25N5/c1-11-9-17-20(10-11)12(2)15-18-14(8-13-6-7-13)19-21(15)16(3,4)5/h9-10,12-13H,6-8H2,1-5H3/t12-/m1/s1. The van der Waals surface area contributed by atoms with Crippen LogP contribution in [0.25, 0.3) is 0 Å². The van der Waals surface area contributed by atoms with Gasteiger partial charge in [0.05, 0.1) is 11.7 Å².